The zero-order valence-electron chi connectivity index (χ0n) is 20.4. The van der Waals surface area contributed by atoms with Crippen LogP contribution < -0.4 is 10.5 Å². The molecule has 1 heterocycles. The number of hydrogen-bond donors (Lipinski definition) is 6. The van der Waals surface area contributed by atoms with Gasteiger partial charge in [-0.15, -0.1) is 0 Å². The summed E-state index contributed by atoms with van der Waals surface area (Å²) in [5.41, 5.74) is 6.85. The Kier molecular flexibility index (Phi) is 9.50. The minimum absolute atomic E-state index is 0.0450. The van der Waals surface area contributed by atoms with Gasteiger partial charge in [0.25, 0.3) is 5.91 Å². The first-order chi connectivity index (χ1) is 18.0. The van der Waals surface area contributed by atoms with E-state index in [0.717, 1.165) is 11.9 Å². The molecule has 13 heteroatoms. The summed E-state index contributed by atoms with van der Waals surface area (Å²) in [6, 6.07) is 11.3. The van der Waals surface area contributed by atoms with Gasteiger partial charge in [0.2, 0.25) is 0 Å². The summed E-state index contributed by atoms with van der Waals surface area (Å²) in [6.07, 6.45) is -6.06. The average molecular weight is 533 g/mol. The molecule has 0 saturated heterocycles. The van der Waals surface area contributed by atoms with Gasteiger partial charge >= 0.3 is 0 Å². The van der Waals surface area contributed by atoms with Crippen molar-refractivity contribution in [3.63, 3.8) is 0 Å². The van der Waals surface area contributed by atoms with E-state index in [1.807, 2.05) is 0 Å². The molecule has 0 spiro atoms. The third kappa shape index (κ3) is 6.51. The Morgan fingerprint density at radius 2 is 1.79 bits per heavy atom. The van der Waals surface area contributed by atoms with Gasteiger partial charge in [0.1, 0.15) is 29.6 Å². The zero-order chi connectivity index (χ0) is 28.0. The molecule has 2 aromatic carbocycles. The maximum atomic E-state index is 13.2. The maximum absolute atomic E-state index is 13.2. The van der Waals surface area contributed by atoms with Crippen molar-refractivity contribution in [2.75, 3.05) is 26.0 Å². The molecule has 7 N–H and O–H groups in total. The summed E-state index contributed by atoms with van der Waals surface area (Å²) in [7, 11) is 1.16. The SMILES string of the molecule is CN(C(=O)COc1cccc(C(=O)c2cnn(-c3ccc(F)cc3)c2N)c1)[C@H](O)C(O)[C@@H](O)[C@H](O)CCO. The van der Waals surface area contributed by atoms with E-state index < -0.39 is 55.3 Å². The van der Waals surface area contributed by atoms with Crippen molar-refractivity contribution in [1.82, 2.24) is 14.7 Å². The van der Waals surface area contributed by atoms with Crippen molar-refractivity contribution in [2.45, 2.75) is 31.0 Å². The number of carbonyl (C=O) groups excluding carboxylic acids is 2. The molecule has 0 radical (unpaired) electrons. The molecule has 0 fully saturated rings. The van der Waals surface area contributed by atoms with Crippen LogP contribution in [0.2, 0.25) is 0 Å². The number of nitrogens with zero attached hydrogens (tertiary/aromatic N) is 3. The first kappa shape index (κ1) is 28.7. The topological polar surface area (TPSA) is 192 Å². The number of ether oxygens (including phenoxy) is 1. The van der Waals surface area contributed by atoms with E-state index in [0.29, 0.717) is 5.69 Å². The number of anilines is 1. The monoisotopic (exact) mass is 532 g/mol. The molecular weight excluding hydrogens is 503 g/mol. The zero-order valence-corrected chi connectivity index (χ0v) is 20.4. The van der Waals surface area contributed by atoms with Gasteiger partial charge in [-0.25, -0.2) is 9.07 Å². The summed E-state index contributed by atoms with van der Waals surface area (Å²) < 4.78 is 19.9. The van der Waals surface area contributed by atoms with E-state index >= 15 is 0 Å². The van der Waals surface area contributed by atoms with E-state index in [1.165, 1.54) is 59.4 Å². The molecule has 0 saturated carbocycles. The number of nitrogen functional groups attached to an aromatic ring is 1. The smallest absolute Gasteiger partial charge is 0.262 e. The summed E-state index contributed by atoms with van der Waals surface area (Å²) in [4.78, 5) is 26.2. The van der Waals surface area contributed by atoms with Crippen LogP contribution in [0.1, 0.15) is 22.3 Å². The van der Waals surface area contributed by atoms with Crippen LogP contribution in [0.3, 0.4) is 0 Å². The van der Waals surface area contributed by atoms with E-state index in [1.54, 1.807) is 0 Å². The number of benzene rings is 2. The number of carbonyl (C=O) groups is 2. The predicted octanol–water partition coefficient (Wildman–Crippen LogP) is -0.555. The number of ketones is 1. The Hall–Kier alpha value is -3.88. The third-order valence-electron chi connectivity index (χ3n) is 5.85. The highest BCUT2D eigenvalue weighted by atomic mass is 19.1. The fraction of sp³-hybridized carbons (Fsp3) is 0.320. The number of likely N-dealkylation sites (N-methyl/N-ethyl adjacent to an activating group) is 1. The third-order valence-corrected chi connectivity index (χ3v) is 5.85. The highest BCUT2D eigenvalue weighted by Gasteiger charge is 2.34. The maximum Gasteiger partial charge on any atom is 0.262 e. The molecule has 1 unspecified atom stereocenters. The van der Waals surface area contributed by atoms with Gasteiger partial charge in [-0.3, -0.25) is 9.59 Å². The van der Waals surface area contributed by atoms with E-state index in [4.69, 9.17) is 15.6 Å². The Morgan fingerprint density at radius 1 is 1.11 bits per heavy atom. The lowest BCUT2D eigenvalue weighted by atomic mass is 10.0. The Balaban J connectivity index is 1.65. The number of rotatable bonds is 12. The lowest BCUT2D eigenvalue weighted by Gasteiger charge is -2.31. The molecule has 3 rings (SSSR count). The van der Waals surface area contributed by atoms with Gasteiger partial charge < -0.3 is 40.9 Å². The van der Waals surface area contributed by atoms with Crippen molar-refractivity contribution < 1.29 is 44.2 Å². The lowest BCUT2D eigenvalue weighted by Crippen LogP contribution is -2.53. The van der Waals surface area contributed by atoms with E-state index in [9.17, 15) is 34.4 Å². The van der Waals surface area contributed by atoms with Gasteiger partial charge in [0, 0.05) is 19.2 Å². The molecule has 0 aliphatic rings. The number of aliphatic hydroxyl groups excluding tert-OH is 5. The van der Waals surface area contributed by atoms with Gasteiger partial charge in [0.05, 0.1) is 23.6 Å². The van der Waals surface area contributed by atoms with Crippen LogP contribution in [0, 0.1) is 5.82 Å². The van der Waals surface area contributed by atoms with Crippen LogP contribution in [0.25, 0.3) is 5.69 Å². The molecule has 0 bridgehead atoms. The number of aliphatic hydroxyl groups is 5. The van der Waals surface area contributed by atoms with Crippen LogP contribution in [0.5, 0.6) is 5.75 Å². The van der Waals surface area contributed by atoms with E-state index in [2.05, 4.69) is 5.10 Å². The Bertz CT molecular complexity index is 1250. The van der Waals surface area contributed by atoms with Crippen molar-refractivity contribution in [3.05, 3.63) is 71.7 Å². The second-order valence-corrected chi connectivity index (χ2v) is 8.46. The first-order valence-corrected chi connectivity index (χ1v) is 11.5. The van der Waals surface area contributed by atoms with Gasteiger partial charge in [-0.2, -0.15) is 5.10 Å². The molecule has 3 aromatic rings. The second-order valence-electron chi connectivity index (χ2n) is 8.46. The summed E-state index contributed by atoms with van der Waals surface area (Å²) >= 11 is 0. The van der Waals surface area contributed by atoms with Crippen LogP contribution in [0.4, 0.5) is 10.2 Å². The number of aromatic nitrogens is 2. The van der Waals surface area contributed by atoms with Crippen molar-refractivity contribution >= 4 is 17.5 Å². The lowest BCUT2D eigenvalue weighted by molar-refractivity contribution is -0.167. The molecule has 12 nitrogen and oxygen atoms in total. The molecule has 204 valence electrons. The average Bonchev–Trinajstić information content (AvgIpc) is 3.31. The van der Waals surface area contributed by atoms with Crippen molar-refractivity contribution in [2.24, 2.45) is 0 Å². The molecular formula is C25H29FN4O8. The number of hydrogen-bond acceptors (Lipinski definition) is 10. The molecule has 0 aliphatic heterocycles. The van der Waals surface area contributed by atoms with Gasteiger partial charge in [0.15, 0.2) is 18.6 Å². The number of amides is 1. The van der Waals surface area contributed by atoms with Crippen molar-refractivity contribution in [1.29, 1.82) is 0 Å². The van der Waals surface area contributed by atoms with Crippen LogP contribution in [-0.4, -0.2) is 96.7 Å². The molecule has 4 atom stereocenters. The van der Waals surface area contributed by atoms with Gasteiger partial charge in [-0.1, -0.05) is 12.1 Å². The molecule has 1 amide bonds. The second kappa shape index (κ2) is 12.6. The summed E-state index contributed by atoms with van der Waals surface area (Å²) in [6.45, 7) is -1.04. The van der Waals surface area contributed by atoms with Crippen LogP contribution >= 0.6 is 0 Å². The fourth-order valence-electron chi connectivity index (χ4n) is 3.53. The van der Waals surface area contributed by atoms with Crippen molar-refractivity contribution in [3.8, 4) is 11.4 Å². The number of nitrogens with two attached hydrogens (primary N) is 1. The predicted molar refractivity (Wildman–Crippen MR) is 132 cm³/mol. The van der Waals surface area contributed by atoms with Crippen LogP contribution in [0.15, 0.2) is 54.7 Å². The minimum atomic E-state index is -1.91. The largest absolute Gasteiger partial charge is 0.484 e. The van der Waals surface area contributed by atoms with Gasteiger partial charge in [-0.05, 0) is 42.8 Å². The quantitative estimate of drug-likeness (QED) is 0.130. The summed E-state index contributed by atoms with van der Waals surface area (Å²) in [5.74, 6) is -1.49. The first-order valence-electron chi connectivity index (χ1n) is 11.5. The van der Waals surface area contributed by atoms with Crippen LogP contribution in [-0.2, 0) is 4.79 Å². The standard InChI is InChI=1S/C25H29FN4O8/c1-29(25(37)23(36)22(35)19(32)9-10-31)20(33)13-38-17-4-2-3-14(11-17)21(34)18-12-28-30(24(18)27)16-7-5-15(26)6-8-16/h2-8,11-12,19,22-23,25,31-32,35-37H,9-10,13,27H2,1H3/t19-,22+,23?,25-/m1/s1. The fourth-order valence-corrected chi connectivity index (χ4v) is 3.53. The molecule has 0 aliphatic carbocycles. The Labute approximate surface area is 216 Å². The minimum Gasteiger partial charge on any atom is -0.484 e. The Morgan fingerprint density at radius 3 is 2.45 bits per heavy atom. The normalized spacial score (nSPS) is 14.4. The van der Waals surface area contributed by atoms with E-state index in [-0.39, 0.29) is 29.1 Å². The molecule has 1 aromatic heterocycles. The summed E-state index contributed by atoms with van der Waals surface area (Å²) in [5, 5.41) is 52.8. The highest BCUT2D eigenvalue weighted by Crippen LogP contribution is 2.23. The molecule has 38 heavy (non-hydrogen) atoms. The highest BCUT2D eigenvalue weighted by molar-refractivity contribution is 6.11. The number of halogens is 1.